The van der Waals surface area contributed by atoms with Crippen LogP contribution in [0.2, 0.25) is 0 Å². The summed E-state index contributed by atoms with van der Waals surface area (Å²) < 4.78 is 0. The number of nitrogens with zero attached hydrogens (tertiary/aromatic N) is 2. The number of aryl methyl sites for hydroxylation is 1. The second-order valence-electron chi connectivity index (χ2n) is 4.32. The summed E-state index contributed by atoms with van der Waals surface area (Å²) in [6.45, 7) is 1.02. The SMILES string of the molecule is Nc1cnccc1N1CCCc2ccccc21. The first-order valence-corrected chi connectivity index (χ1v) is 5.91. The number of para-hydroxylation sites is 1. The fourth-order valence-corrected chi connectivity index (χ4v) is 2.43. The number of pyridine rings is 1. The van der Waals surface area contributed by atoms with Crippen LogP contribution in [0, 0.1) is 0 Å². The molecule has 1 aliphatic heterocycles. The minimum absolute atomic E-state index is 0.740. The van der Waals surface area contributed by atoms with Crippen molar-refractivity contribution in [1.82, 2.24) is 4.98 Å². The van der Waals surface area contributed by atoms with Gasteiger partial charge >= 0.3 is 0 Å². The van der Waals surface area contributed by atoms with Crippen LogP contribution in [-0.2, 0) is 6.42 Å². The van der Waals surface area contributed by atoms with Gasteiger partial charge < -0.3 is 10.6 Å². The predicted molar refractivity (Wildman–Crippen MR) is 70.4 cm³/mol. The van der Waals surface area contributed by atoms with Gasteiger partial charge in [0.1, 0.15) is 0 Å². The number of hydrogen-bond acceptors (Lipinski definition) is 3. The lowest BCUT2D eigenvalue weighted by molar-refractivity contribution is 0.767. The number of anilines is 3. The highest BCUT2D eigenvalue weighted by atomic mass is 15.2. The van der Waals surface area contributed by atoms with Crippen LogP contribution in [0.3, 0.4) is 0 Å². The van der Waals surface area contributed by atoms with E-state index in [1.165, 1.54) is 17.7 Å². The lowest BCUT2D eigenvalue weighted by Crippen LogP contribution is -2.25. The van der Waals surface area contributed by atoms with Gasteiger partial charge in [-0.3, -0.25) is 4.98 Å². The molecule has 0 radical (unpaired) electrons. The molecule has 3 rings (SSSR count). The quantitative estimate of drug-likeness (QED) is 0.811. The van der Waals surface area contributed by atoms with Gasteiger partial charge in [0, 0.05) is 18.4 Å². The summed E-state index contributed by atoms with van der Waals surface area (Å²) >= 11 is 0. The van der Waals surface area contributed by atoms with E-state index in [1.54, 1.807) is 12.4 Å². The first-order valence-electron chi connectivity index (χ1n) is 5.91. The molecular formula is C14H15N3. The van der Waals surface area contributed by atoms with E-state index in [0.717, 1.165) is 24.3 Å². The fraction of sp³-hybridized carbons (Fsp3) is 0.214. The van der Waals surface area contributed by atoms with Gasteiger partial charge in [0.25, 0.3) is 0 Å². The largest absolute Gasteiger partial charge is 0.396 e. The van der Waals surface area contributed by atoms with Crippen LogP contribution < -0.4 is 10.6 Å². The van der Waals surface area contributed by atoms with Crippen LogP contribution in [0.15, 0.2) is 42.7 Å². The lowest BCUT2D eigenvalue weighted by Gasteiger charge is -2.31. The third-order valence-electron chi connectivity index (χ3n) is 3.23. The molecular weight excluding hydrogens is 210 g/mol. The first kappa shape index (κ1) is 10.1. The van der Waals surface area contributed by atoms with Gasteiger partial charge in [-0.25, -0.2) is 0 Å². The zero-order valence-electron chi connectivity index (χ0n) is 9.63. The number of benzene rings is 1. The summed E-state index contributed by atoms with van der Waals surface area (Å²) in [6, 6.07) is 10.5. The Labute approximate surface area is 101 Å². The fourth-order valence-electron chi connectivity index (χ4n) is 2.43. The van der Waals surface area contributed by atoms with Crippen molar-refractivity contribution in [2.75, 3.05) is 17.2 Å². The molecule has 0 fully saturated rings. The Morgan fingerprint density at radius 3 is 2.88 bits per heavy atom. The van der Waals surface area contributed by atoms with Gasteiger partial charge in [-0.15, -0.1) is 0 Å². The Hall–Kier alpha value is -2.03. The summed E-state index contributed by atoms with van der Waals surface area (Å²) in [6.07, 6.45) is 5.83. The summed E-state index contributed by atoms with van der Waals surface area (Å²) in [4.78, 5) is 6.33. The summed E-state index contributed by atoms with van der Waals surface area (Å²) in [5.74, 6) is 0. The van der Waals surface area contributed by atoms with Crippen molar-refractivity contribution in [2.45, 2.75) is 12.8 Å². The summed E-state index contributed by atoms with van der Waals surface area (Å²) in [5, 5.41) is 0. The monoisotopic (exact) mass is 225 g/mol. The molecule has 2 heterocycles. The molecule has 0 saturated heterocycles. The molecule has 3 heteroatoms. The zero-order chi connectivity index (χ0) is 11.7. The molecule has 1 aromatic carbocycles. The van der Waals surface area contributed by atoms with E-state index in [-0.39, 0.29) is 0 Å². The number of hydrogen-bond donors (Lipinski definition) is 1. The normalized spacial score (nSPS) is 14.5. The minimum Gasteiger partial charge on any atom is -0.396 e. The number of nitrogens with two attached hydrogens (primary N) is 1. The van der Waals surface area contributed by atoms with E-state index in [0.29, 0.717) is 0 Å². The molecule has 86 valence electrons. The zero-order valence-corrected chi connectivity index (χ0v) is 9.63. The topological polar surface area (TPSA) is 42.1 Å². The molecule has 0 bridgehead atoms. The van der Waals surface area contributed by atoms with E-state index in [2.05, 4.69) is 34.1 Å². The smallest absolute Gasteiger partial charge is 0.0741 e. The molecule has 0 saturated carbocycles. The average Bonchev–Trinajstić information content (AvgIpc) is 2.39. The highest BCUT2D eigenvalue weighted by Crippen LogP contribution is 2.35. The minimum atomic E-state index is 0.740. The Kier molecular flexibility index (Phi) is 2.44. The van der Waals surface area contributed by atoms with E-state index in [9.17, 15) is 0 Å². The maximum Gasteiger partial charge on any atom is 0.0741 e. The first-order chi connectivity index (χ1) is 8.36. The lowest BCUT2D eigenvalue weighted by atomic mass is 10.0. The van der Waals surface area contributed by atoms with Crippen LogP contribution in [-0.4, -0.2) is 11.5 Å². The molecule has 17 heavy (non-hydrogen) atoms. The highest BCUT2D eigenvalue weighted by molar-refractivity contribution is 5.76. The Morgan fingerprint density at radius 2 is 2.00 bits per heavy atom. The number of fused-ring (bicyclic) bond motifs is 1. The van der Waals surface area contributed by atoms with Crippen molar-refractivity contribution >= 4 is 17.1 Å². The van der Waals surface area contributed by atoms with E-state index < -0.39 is 0 Å². The van der Waals surface area contributed by atoms with Crippen molar-refractivity contribution < 1.29 is 0 Å². The van der Waals surface area contributed by atoms with Gasteiger partial charge in [0.15, 0.2) is 0 Å². The number of rotatable bonds is 1. The van der Waals surface area contributed by atoms with Gasteiger partial charge in [0.2, 0.25) is 0 Å². The van der Waals surface area contributed by atoms with Crippen LogP contribution in [0.4, 0.5) is 17.1 Å². The third-order valence-corrected chi connectivity index (χ3v) is 3.23. The van der Waals surface area contributed by atoms with Crippen LogP contribution in [0.1, 0.15) is 12.0 Å². The Balaban J connectivity index is 2.09. The van der Waals surface area contributed by atoms with Gasteiger partial charge in [0.05, 0.1) is 17.6 Å². The van der Waals surface area contributed by atoms with Crippen LogP contribution >= 0.6 is 0 Å². The third kappa shape index (κ3) is 1.73. The molecule has 1 aliphatic rings. The molecule has 2 aromatic rings. The average molecular weight is 225 g/mol. The van der Waals surface area contributed by atoms with E-state index in [1.807, 2.05) is 6.07 Å². The van der Waals surface area contributed by atoms with Crippen molar-refractivity contribution in [1.29, 1.82) is 0 Å². The summed E-state index contributed by atoms with van der Waals surface area (Å²) in [7, 11) is 0. The van der Waals surface area contributed by atoms with Crippen LogP contribution in [0.5, 0.6) is 0 Å². The van der Waals surface area contributed by atoms with Gasteiger partial charge in [-0.1, -0.05) is 18.2 Å². The second kappa shape index (κ2) is 4.09. The molecule has 0 amide bonds. The molecule has 3 nitrogen and oxygen atoms in total. The number of aromatic nitrogens is 1. The molecule has 0 unspecified atom stereocenters. The number of nitrogen functional groups attached to an aromatic ring is 1. The van der Waals surface area contributed by atoms with Gasteiger partial charge in [-0.2, -0.15) is 0 Å². The van der Waals surface area contributed by atoms with Crippen molar-refractivity contribution in [3.05, 3.63) is 48.3 Å². The maximum absolute atomic E-state index is 6.00. The Morgan fingerprint density at radius 1 is 1.12 bits per heavy atom. The Bertz CT molecular complexity index is 536. The predicted octanol–water partition coefficient (Wildman–Crippen LogP) is 2.75. The van der Waals surface area contributed by atoms with Crippen molar-refractivity contribution in [3.63, 3.8) is 0 Å². The second-order valence-corrected chi connectivity index (χ2v) is 4.32. The van der Waals surface area contributed by atoms with Gasteiger partial charge in [-0.05, 0) is 30.5 Å². The standard InChI is InChI=1S/C14H15N3/c15-12-10-16-8-7-14(12)17-9-3-5-11-4-1-2-6-13(11)17/h1-2,4,6-8,10H,3,5,9,15H2. The molecule has 0 aliphatic carbocycles. The molecule has 2 N–H and O–H groups in total. The van der Waals surface area contributed by atoms with Crippen LogP contribution in [0.25, 0.3) is 0 Å². The van der Waals surface area contributed by atoms with E-state index >= 15 is 0 Å². The van der Waals surface area contributed by atoms with E-state index in [4.69, 9.17) is 5.73 Å². The maximum atomic E-state index is 6.00. The van der Waals surface area contributed by atoms with Crippen molar-refractivity contribution in [2.24, 2.45) is 0 Å². The summed E-state index contributed by atoms with van der Waals surface area (Å²) in [5.41, 5.74) is 10.5. The molecule has 0 spiro atoms. The highest BCUT2D eigenvalue weighted by Gasteiger charge is 2.18. The molecule has 1 aromatic heterocycles. The van der Waals surface area contributed by atoms with Crippen molar-refractivity contribution in [3.8, 4) is 0 Å². The molecule has 0 atom stereocenters.